The first kappa shape index (κ1) is 23.0. The minimum absolute atomic E-state index is 0.0109. The molecule has 168 valence electrons. The lowest BCUT2D eigenvalue weighted by molar-refractivity contribution is -0.358. The van der Waals surface area contributed by atoms with E-state index in [1.54, 1.807) is 0 Å². The van der Waals surface area contributed by atoms with Crippen molar-refractivity contribution in [2.45, 2.75) is 102 Å². The van der Waals surface area contributed by atoms with E-state index in [2.05, 4.69) is 17.4 Å². The molecule has 3 aliphatic carbocycles. The smallest absolute Gasteiger partial charge is 0.282 e. The van der Waals surface area contributed by atoms with E-state index in [0.29, 0.717) is 11.8 Å². The van der Waals surface area contributed by atoms with E-state index in [9.17, 15) is 22.0 Å². The molecular weight excluding hydrogens is 387 g/mol. The molecule has 0 bridgehead atoms. The van der Waals surface area contributed by atoms with Crippen molar-refractivity contribution in [2.24, 2.45) is 29.6 Å². The van der Waals surface area contributed by atoms with Crippen molar-refractivity contribution < 1.29 is 26.7 Å². The third kappa shape index (κ3) is 6.67. The molecule has 3 rings (SSSR count). The van der Waals surface area contributed by atoms with Gasteiger partial charge in [-0.2, -0.15) is 0 Å². The SMILES string of the molecule is C=CC1CCC(CCC2CCC(C3CC(F)C(OC(F)(F)F)C(F)C3)CC2)CC1. The molecule has 0 aromatic heterocycles. The summed E-state index contributed by atoms with van der Waals surface area (Å²) in [6, 6.07) is 0. The third-order valence-corrected chi connectivity index (χ3v) is 7.80. The highest BCUT2D eigenvalue weighted by Gasteiger charge is 2.47. The van der Waals surface area contributed by atoms with Crippen LogP contribution >= 0.6 is 0 Å². The second-order valence-electron chi connectivity index (χ2n) is 9.67. The Bertz CT molecular complexity index is 494. The molecule has 2 atom stereocenters. The maximum atomic E-state index is 14.2. The van der Waals surface area contributed by atoms with Crippen LogP contribution in [0.25, 0.3) is 0 Å². The summed E-state index contributed by atoms with van der Waals surface area (Å²) in [6.45, 7) is 3.90. The van der Waals surface area contributed by atoms with E-state index in [-0.39, 0.29) is 24.7 Å². The van der Waals surface area contributed by atoms with Crippen LogP contribution in [0.2, 0.25) is 0 Å². The highest BCUT2D eigenvalue weighted by molar-refractivity contribution is 4.92. The number of alkyl halides is 5. The first-order chi connectivity index (χ1) is 13.7. The van der Waals surface area contributed by atoms with Crippen molar-refractivity contribution in [3.63, 3.8) is 0 Å². The van der Waals surface area contributed by atoms with Crippen molar-refractivity contribution >= 4 is 0 Å². The number of hydrogen-bond donors (Lipinski definition) is 0. The largest absolute Gasteiger partial charge is 0.522 e. The van der Waals surface area contributed by atoms with Gasteiger partial charge in [0.25, 0.3) is 0 Å². The van der Waals surface area contributed by atoms with Gasteiger partial charge in [0.1, 0.15) is 18.4 Å². The van der Waals surface area contributed by atoms with Crippen molar-refractivity contribution in [1.29, 1.82) is 0 Å². The minimum atomic E-state index is -4.99. The maximum absolute atomic E-state index is 14.2. The lowest BCUT2D eigenvalue weighted by Gasteiger charge is -2.40. The van der Waals surface area contributed by atoms with E-state index < -0.39 is 24.8 Å². The lowest BCUT2D eigenvalue weighted by atomic mass is 9.68. The molecular formula is C23H35F5O. The van der Waals surface area contributed by atoms with Crippen LogP contribution in [0.5, 0.6) is 0 Å². The number of allylic oxidation sites excluding steroid dienone is 1. The average molecular weight is 423 g/mol. The van der Waals surface area contributed by atoms with Gasteiger partial charge in [0, 0.05) is 0 Å². The molecule has 0 saturated heterocycles. The first-order valence-corrected chi connectivity index (χ1v) is 11.4. The van der Waals surface area contributed by atoms with Crippen molar-refractivity contribution in [3.05, 3.63) is 12.7 Å². The zero-order valence-corrected chi connectivity index (χ0v) is 17.2. The van der Waals surface area contributed by atoms with Crippen LogP contribution in [0.1, 0.15) is 77.0 Å². The van der Waals surface area contributed by atoms with Crippen LogP contribution in [0.4, 0.5) is 22.0 Å². The predicted octanol–water partition coefficient (Wildman–Crippen LogP) is 7.56. The molecule has 0 aromatic carbocycles. The molecule has 6 heteroatoms. The van der Waals surface area contributed by atoms with E-state index >= 15 is 0 Å². The van der Waals surface area contributed by atoms with Crippen molar-refractivity contribution in [2.75, 3.05) is 0 Å². The number of rotatable bonds is 6. The van der Waals surface area contributed by atoms with Gasteiger partial charge >= 0.3 is 6.36 Å². The fourth-order valence-electron chi connectivity index (χ4n) is 5.99. The minimum Gasteiger partial charge on any atom is -0.282 e. The molecule has 0 radical (unpaired) electrons. The molecule has 0 spiro atoms. The molecule has 3 saturated carbocycles. The van der Waals surface area contributed by atoms with Gasteiger partial charge in [-0.25, -0.2) is 8.78 Å². The van der Waals surface area contributed by atoms with Gasteiger partial charge in [0.15, 0.2) is 0 Å². The second-order valence-corrected chi connectivity index (χ2v) is 9.67. The summed E-state index contributed by atoms with van der Waals surface area (Å²) in [5.41, 5.74) is 0. The maximum Gasteiger partial charge on any atom is 0.522 e. The van der Waals surface area contributed by atoms with Gasteiger partial charge in [0.05, 0.1) is 0 Å². The monoisotopic (exact) mass is 422 g/mol. The summed E-state index contributed by atoms with van der Waals surface area (Å²) in [5, 5.41) is 0. The highest BCUT2D eigenvalue weighted by atomic mass is 19.4. The van der Waals surface area contributed by atoms with Gasteiger partial charge in [-0.15, -0.1) is 19.8 Å². The molecule has 1 nitrogen and oxygen atoms in total. The van der Waals surface area contributed by atoms with Crippen LogP contribution in [0.3, 0.4) is 0 Å². The number of halogens is 5. The summed E-state index contributed by atoms with van der Waals surface area (Å²) in [5.74, 6) is 2.28. The quantitative estimate of drug-likeness (QED) is 0.317. The standard InChI is InChI=1S/C23H35F5O/c1-2-15-3-5-16(6-4-15)7-8-17-9-11-18(12-10-17)19-13-20(24)22(21(25)14-19)29-23(26,27)28/h2,15-22H,1,3-14H2. The summed E-state index contributed by atoms with van der Waals surface area (Å²) in [4.78, 5) is 0. The molecule has 29 heavy (non-hydrogen) atoms. The Morgan fingerprint density at radius 1 is 0.759 bits per heavy atom. The summed E-state index contributed by atoms with van der Waals surface area (Å²) < 4.78 is 69.2. The number of hydrogen-bond acceptors (Lipinski definition) is 1. The van der Waals surface area contributed by atoms with Crippen molar-refractivity contribution in [3.8, 4) is 0 Å². The fourth-order valence-corrected chi connectivity index (χ4v) is 5.99. The Morgan fingerprint density at radius 3 is 1.69 bits per heavy atom. The van der Waals surface area contributed by atoms with Gasteiger partial charge < -0.3 is 0 Å². The van der Waals surface area contributed by atoms with Crippen LogP contribution in [0, 0.1) is 29.6 Å². The molecule has 3 aliphatic rings. The molecule has 0 amide bonds. The Balaban J connectivity index is 1.38. The van der Waals surface area contributed by atoms with Crippen LogP contribution in [-0.4, -0.2) is 24.8 Å². The zero-order valence-electron chi connectivity index (χ0n) is 17.2. The summed E-state index contributed by atoms with van der Waals surface area (Å²) >= 11 is 0. The zero-order chi connectivity index (χ0) is 21.0. The van der Waals surface area contributed by atoms with Gasteiger partial charge in [-0.1, -0.05) is 31.8 Å². The summed E-state index contributed by atoms with van der Waals surface area (Å²) in [6.07, 6.45) is 3.00. The molecule has 0 aromatic rings. The topological polar surface area (TPSA) is 9.23 Å². The average Bonchev–Trinajstić information content (AvgIpc) is 2.69. The molecule has 2 unspecified atom stereocenters. The molecule has 3 fully saturated rings. The van der Waals surface area contributed by atoms with Crippen LogP contribution in [0.15, 0.2) is 12.7 Å². The Morgan fingerprint density at radius 2 is 1.24 bits per heavy atom. The number of ether oxygens (including phenoxy) is 1. The normalized spacial score (nSPS) is 41.8. The fraction of sp³-hybridized carbons (Fsp3) is 0.913. The van der Waals surface area contributed by atoms with Gasteiger partial charge in [-0.05, 0) is 81.0 Å². The van der Waals surface area contributed by atoms with Crippen molar-refractivity contribution in [1.82, 2.24) is 0 Å². The Hall–Kier alpha value is -0.650. The lowest BCUT2D eigenvalue weighted by Crippen LogP contribution is -2.46. The van der Waals surface area contributed by atoms with E-state index in [0.717, 1.165) is 31.6 Å². The van der Waals surface area contributed by atoms with E-state index in [1.807, 2.05) is 0 Å². The predicted molar refractivity (Wildman–Crippen MR) is 104 cm³/mol. The molecule has 0 aliphatic heterocycles. The van der Waals surface area contributed by atoms with E-state index in [1.165, 1.54) is 38.5 Å². The third-order valence-electron chi connectivity index (χ3n) is 7.80. The highest BCUT2D eigenvalue weighted by Crippen LogP contribution is 2.44. The molecule has 0 heterocycles. The Labute approximate surface area is 171 Å². The van der Waals surface area contributed by atoms with E-state index in [4.69, 9.17) is 0 Å². The van der Waals surface area contributed by atoms with Crippen LogP contribution < -0.4 is 0 Å². The second kappa shape index (κ2) is 10.1. The first-order valence-electron chi connectivity index (χ1n) is 11.4. The Kier molecular flexibility index (Phi) is 8.02. The van der Waals surface area contributed by atoms with Crippen LogP contribution in [-0.2, 0) is 4.74 Å². The summed E-state index contributed by atoms with van der Waals surface area (Å²) in [7, 11) is 0. The van der Waals surface area contributed by atoms with Gasteiger partial charge in [0.2, 0.25) is 0 Å². The molecule has 0 N–H and O–H groups in total. The van der Waals surface area contributed by atoms with Gasteiger partial charge in [-0.3, -0.25) is 4.74 Å².